The lowest BCUT2D eigenvalue weighted by atomic mass is 10.3. The highest BCUT2D eigenvalue weighted by molar-refractivity contribution is 5.92. The molecule has 1 aromatic carbocycles. The molecule has 0 bridgehead atoms. The first kappa shape index (κ1) is 14.4. The van der Waals surface area contributed by atoms with Crippen LogP contribution in [0.2, 0.25) is 0 Å². The Morgan fingerprint density at radius 1 is 1.36 bits per heavy atom. The summed E-state index contributed by atoms with van der Waals surface area (Å²) >= 11 is 0. The lowest BCUT2D eigenvalue weighted by molar-refractivity contribution is 0.0938. The molecule has 1 aliphatic carbocycles. The summed E-state index contributed by atoms with van der Waals surface area (Å²) in [7, 11) is 1.60. The van der Waals surface area contributed by atoms with E-state index >= 15 is 0 Å². The monoisotopic (exact) mass is 302 g/mol. The van der Waals surface area contributed by atoms with Crippen molar-refractivity contribution in [1.29, 1.82) is 0 Å². The molecule has 1 fully saturated rings. The van der Waals surface area contributed by atoms with Gasteiger partial charge in [0.25, 0.3) is 5.91 Å². The maximum atomic E-state index is 11.9. The molecule has 0 saturated heterocycles. The quantitative estimate of drug-likeness (QED) is 0.795. The van der Waals surface area contributed by atoms with Gasteiger partial charge in [0, 0.05) is 18.1 Å². The number of rotatable bonds is 7. The van der Waals surface area contributed by atoms with Gasteiger partial charge in [-0.05, 0) is 25.0 Å². The topological polar surface area (TPSA) is 73.6 Å². The number of hydrogen-bond acceptors (Lipinski definition) is 5. The van der Waals surface area contributed by atoms with Crippen molar-refractivity contribution in [3.63, 3.8) is 0 Å². The van der Waals surface area contributed by atoms with Crippen molar-refractivity contribution in [3.05, 3.63) is 41.8 Å². The van der Waals surface area contributed by atoms with Gasteiger partial charge in [0.2, 0.25) is 0 Å². The van der Waals surface area contributed by atoms with Gasteiger partial charge in [0.1, 0.15) is 23.9 Å². The molecule has 1 heterocycles. The Labute approximate surface area is 128 Å². The second-order valence-electron chi connectivity index (χ2n) is 5.17. The van der Waals surface area contributed by atoms with Crippen molar-refractivity contribution < 1.29 is 18.8 Å². The zero-order valence-electron chi connectivity index (χ0n) is 12.4. The Bertz CT molecular complexity index is 649. The van der Waals surface area contributed by atoms with E-state index in [1.807, 2.05) is 18.2 Å². The molecule has 1 N–H and O–H groups in total. The van der Waals surface area contributed by atoms with Crippen LogP contribution in [-0.4, -0.2) is 31.3 Å². The lowest BCUT2D eigenvalue weighted by Crippen LogP contribution is -2.28. The summed E-state index contributed by atoms with van der Waals surface area (Å²) in [5, 5.41) is 6.55. The number of carbonyl (C=O) groups is 1. The molecule has 0 unspecified atom stereocenters. The highest BCUT2D eigenvalue weighted by Crippen LogP contribution is 2.40. The maximum absolute atomic E-state index is 11.9. The molecular weight excluding hydrogens is 284 g/mol. The molecule has 3 rings (SSSR count). The van der Waals surface area contributed by atoms with Crippen LogP contribution in [0.15, 0.2) is 34.9 Å². The highest BCUT2D eigenvalue weighted by Gasteiger charge is 2.28. The first-order valence-electron chi connectivity index (χ1n) is 7.28. The fourth-order valence-corrected chi connectivity index (χ4v) is 2.07. The van der Waals surface area contributed by atoms with Gasteiger partial charge < -0.3 is 19.3 Å². The predicted octanol–water partition coefficient (Wildman–Crippen LogP) is 2.37. The van der Waals surface area contributed by atoms with E-state index in [9.17, 15) is 4.79 Å². The van der Waals surface area contributed by atoms with Crippen LogP contribution < -0.4 is 14.8 Å². The molecular formula is C16H18N2O4. The average Bonchev–Trinajstić information content (AvgIpc) is 3.28. The van der Waals surface area contributed by atoms with E-state index in [0.717, 1.165) is 24.4 Å². The van der Waals surface area contributed by atoms with Gasteiger partial charge in [-0.25, -0.2) is 0 Å². The van der Waals surface area contributed by atoms with Crippen LogP contribution in [0, 0.1) is 0 Å². The Balaban J connectivity index is 1.42. The van der Waals surface area contributed by atoms with E-state index in [1.165, 1.54) is 0 Å². The molecule has 6 nitrogen and oxygen atoms in total. The van der Waals surface area contributed by atoms with E-state index in [4.69, 9.17) is 14.0 Å². The van der Waals surface area contributed by atoms with Crippen LogP contribution in [0.25, 0.3) is 0 Å². The number of aromatic nitrogens is 1. The van der Waals surface area contributed by atoms with Crippen LogP contribution in [0.5, 0.6) is 11.5 Å². The third kappa shape index (κ3) is 3.58. The summed E-state index contributed by atoms with van der Waals surface area (Å²) in [6.45, 7) is 0.758. The number of nitrogens with one attached hydrogen (secondary N) is 1. The standard InChI is InChI=1S/C16H18N2O4/c1-20-12-3-2-4-13(9-12)21-8-7-17-16(19)14-10-15(22-18-14)11-5-6-11/h2-4,9-11H,5-8H2,1H3,(H,17,19). The first-order chi connectivity index (χ1) is 10.8. The molecule has 0 atom stereocenters. The van der Waals surface area contributed by atoms with Crippen molar-refractivity contribution >= 4 is 5.91 Å². The molecule has 0 radical (unpaired) electrons. The smallest absolute Gasteiger partial charge is 0.273 e. The zero-order valence-corrected chi connectivity index (χ0v) is 12.4. The Hall–Kier alpha value is -2.50. The molecule has 1 saturated carbocycles. The van der Waals surface area contributed by atoms with Gasteiger partial charge in [-0.2, -0.15) is 0 Å². The summed E-state index contributed by atoms with van der Waals surface area (Å²) in [4.78, 5) is 11.9. The normalized spacial score (nSPS) is 13.7. The van der Waals surface area contributed by atoms with E-state index in [2.05, 4.69) is 10.5 Å². The number of amides is 1. The van der Waals surface area contributed by atoms with Gasteiger partial charge in [0.05, 0.1) is 13.7 Å². The van der Waals surface area contributed by atoms with Crippen LogP contribution in [0.1, 0.15) is 35.0 Å². The Morgan fingerprint density at radius 3 is 2.95 bits per heavy atom. The number of ether oxygens (including phenoxy) is 2. The van der Waals surface area contributed by atoms with Gasteiger partial charge in [-0.1, -0.05) is 11.2 Å². The molecule has 0 spiro atoms. The van der Waals surface area contributed by atoms with Gasteiger partial charge >= 0.3 is 0 Å². The number of benzene rings is 1. The second-order valence-corrected chi connectivity index (χ2v) is 5.17. The van der Waals surface area contributed by atoms with E-state index in [0.29, 0.717) is 30.5 Å². The van der Waals surface area contributed by atoms with Crippen LogP contribution >= 0.6 is 0 Å². The first-order valence-corrected chi connectivity index (χ1v) is 7.28. The van der Waals surface area contributed by atoms with Crippen LogP contribution in [0.3, 0.4) is 0 Å². The Morgan fingerprint density at radius 2 is 2.18 bits per heavy atom. The number of methoxy groups -OCH3 is 1. The molecule has 22 heavy (non-hydrogen) atoms. The molecule has 116 valence electrons. The van der Waals surface area contributed by atoms with Crippen molar-refractivity contribution in [1.82, 2.24) is 10.5 Å². The molecule has 6 heteroatoms. The number of hydrogen-bond donors (Lipinski definition) is 1. The van der Waals surface area contributed by atoms with Crippen molar-refractivity contribution in [3.8, 4) is 11.5 Å². The van der Waals surface area contributed by atoms with Crippen molar-refractivity contribution in [2.45, 2.75) is 18.8 Å². The fraction of sp³-hybridized carbons (Fsp3) is 0.375. The van der Waals surface area contributed by atoms with Crippen LogP contribution in [0.4, 0.5) is 0 Å². The van der Waals surface area contributed by atoms with E-state index < -0.39 is 0 Å². The minimum Gasteiger partial charge on any atom is -0.497 e. The lowest BCUT2D eigenvalue weighted by Gasteiger charge is -2.08. The maximum Gasteiger partial charge on any atom is 0.273 e. The van der Waals surface area contributed by atoms with Crippen LogP contribution in [-0.2, 0) is 0 Å². The average molecular weight is 302 g/mol. The third-order valence-electron chi connectivity index (χ3n) is 3.44. The summed E-state index contributed by atoms with van der Waals surface area (Å²) < 4.78 is 15.8. The zero-order chi connectivity index (χ0) is 15.4. The number of nitrogens with zero attached hydrogens (tertiary/aromatic N) is 1. The number of carbonyl (C=O) groups excluding carboxylic acids is 1. The van der Waals surface area contributed by atoms with E-state index in [1.54, 1.807) is 19.2 Å². The predicted molar refractivity (Wildman–Crippen MR) is 79.3 cm³/mol. The SMILES string of the molecule is COc1cccc(OCCNC(=O)c2cc(C3CC3)on2)c1. The largest absolute Gasteiger partial charge is 0.497 e. The van der Waals surface area contributed by atoms with Crippen molar-refractivity contribution in [2.24, 2.45) is 0 Å². The molecule has 1 aliphatic rings. The second kappa shape index (κ2) is 6.51. The van der Waals surface area contributed by atoms with Gasteiger partial charge in [-0.15, -0.1) is 0 Å². The van der Waals surface area contributed by atoms with Crippen molar-refractivity contribution in [2.75, 3.05) is 20.3 Å². The minimum absolute atomic E-state index is 0.245. The van der Waals surface area contributed by atoms with E-state index in [-0.39, 0.29) is 5.91 Å². The summed E-state index contributed by atoms with van der Waals surface area (Å²) in [5.41, 5.74) is 0.322. The molecule has 0 aliphatic heterocycles. The minimum atomic E-state index is -0.245. The van der Waals surface area contributed by atoms with Gasteiger partial charge in [0.15, 0.2) is 5.69 Å². The summed E-state index contributed by atoms with van der Waals surface area (Å²) in [6.07, 6.45) is 2.23. The summed E-state index contributed by atoms with van der Waals surface area (Å²) in [6, 6.07) is 9.04. The molecule has 2 aromatic rings. The third-order valence-corrected chi connectivity index (χ3v) is 3.44. The van der Waals surface area contributed by atoms with Gasteiger partial charge in [-0.3, -0.25) is 4.79 Å². The highest BCUT2D eigenvalue weighted by atomic mass is 16.5. The molecule has 1 aromatic heterocycles. The fourth-order valence-electron chi connectivity index (χ4n) is 2.07. The Kier molecular flexibility index (Phi) is 4.27. The molecule has 1 amide bonds. The summed E-state index contributed by atoms with van der Waals surface area (Å²) in [5.74, 6) is 2.44.